The largest absolute Gasteiger partial charge is 0.438 e. The van der Waals surface area contributed by atoms with Crippen LogP contribution in [0, 0.1) is 6.92 Å². The molecule has 1 aliphatic rings. The van der Waals surface area contributed by atoms with Gasteiger partial charge < -0.3 is 15.4 Å². The Morgan fingerprint density at radius 1 is 0.800 bits per heavy atom. The number of carbonyl (C=O) groups is 3. The van der Waals surface area contributed by atoms with Crippen molar-refractivity contribution < 1.29 is 19.1 Å². The average Bonchev–Trinajstić information content (AvgIpc) is 3.28. The molecule has 0 radical (unpaired) electrons. The number of anilines is 1. The number of ether oxygens (including phenoxy) is 1. The maximum atomic E-state index is 13.6. The van der Waals surface area contributed by atoms with Gasteiger partial charge in [-0.05, 0) is 41.3 Å². The fourth-order valence-corrected chi connectivity index (χ4v) is 4.85. The normalized spacial score (nSPS) is 16.3. The van der Waals surface area contributed by atoms with Crippen LogP contribution in [0.4, 0.5) is 10.5 Å². The molecule has 4 aromatic rings. The fourth-order valence-electron chi connectivity index (χ4n) is 4.85. The lowest BCUT2D eigenvalue weighted by Gasteiger charge is -2.24. The second-order valence-electron chi connectivity index (χ2n) is 9.90. The van der Waals surface area contributed by atoms with Gasteiger partial charge in [0.25, 0.3) is 0 Å². The van der Waals surface area contributed by atoms with Gasteiger partial charge in [0, 0.05) is 12.2 Å². The first kappa shape index (κ1) is 26.7. The van der Waals surface area contributed by atoms with Crippen LogP contribution in [0.15, 0.2) is 109 Å². The maximum absolute atomic E-state index is 13.6. The standard InChI is InChI=1S/C33H31N3O4/c1-23-9-8-14-26(19-23)22-36-30(32(38)34-21-25-12-6-3-7-13-25)31(40-33(36)39)27-15-17-28(18-16-27)35-29(37)20-24-10-4-2-5-11-24/h2-19,30-31H,20-22H2,1H3,(H,34,38)(H,35,37). The lowest BCUT2D eigenvalue weighted by molar-refractivity contribution is -0.126. The van der Waals surface area contributed by atoms with Crippen LogP contribution in [-0.2, 0) is 33.8 Å². The van der Waals surface area contributed by atoms with Crippen molar-refractivity contribution in [2.24, 2.45) is 0 Å². The van der Waals surface area contributed by atoms with Gasteiger partial charge in [-0.3, -0.25) is 14.5 Å². The molecule has 2 atom stereocenters. The third-order valence-corrected chi connectivity index (χ3v) is 6.83. The lowest BCUT2D eigenvalue weighted by atomic mass is 10.00. The van der Waals surface area contributed by atoms with Crippen molar-refractivity contribution in [3.05, 3.63) is 137 Å². The highest BCUT2D eigenvalue weighted by Crippen LogP contribution is 2.34. The van der Waals surface area contributed by atoms with E-state index in [1.165, 1.54) is 4.90 Å². The molecule has 7 heteroatoms. The summed E-state index contributed by atoms with van der Waals surface area (Å²) in [7, 11) is 0. The zero-order valence-electron chi connectivity index (χ0n) is 22.2. The SMILES string of the molecule is Cc1cccc(CN2C(=O)OC(c3ccc(NC(=O)Cc4ccccc4)cc3)C2C(=O)NCc2ccccc2)c1. The zero-order chi connectivity index (χ0) is 27.9. The van der Waals surface area contributed by atoms with Crippen LogP contribution in [-0.4, -0.2) is 28.8 Å². The van der Waals surface area contributed by atoms with Crippen molar-refractivity contribution in [1.29, 1.82) is 0 Å². The molecule has 4 aromatic carbocycles. The van der Waals surface area contributed by atoms with Crippen LogP contribution < -0.4 is 10.6 Å². The summed E-state index contributed by atoms with van der Waals surface area (Å²) in [4.78, 5) is 40.6. The molecule has 202 valence electrons. The third-order valence-electron chi connectivity index (χ3n) is 6.83. The molecule has 3 amide bonds. The zero-order valence-corrected chi connectivity index (χ0v) is 22.2. The fraction of sp³-hybridized carbons (Fsp3) is 0.182. The highest BCUT2D eigenvalue weighted by atomic mass is 16.6. The Hall–Kier alpha value is -4.91. The minimum absolute atomic E-state index is 0.131. The molecule has 0 aromatic heterocycles. The molecular weight excluding hydrogens is 502 g/mol. The molecule has 0 bridgehead atoms. The molecule has 7 nitrogen and oxygen atoms in total. The Kier molecular flexibility index (Phi) is 8.21. The van der Waals surface area contributed by atoms with Crippen LogP contribution in [0.2, 0.25) is 0 Å². The Labute approximate surface area is 233 Å². The predicted octanol–water partition coefficient (Wildman–Crippen LogP) is 5.55. The number of carbonyl (C=O) groups excluding carboxylic acids is 3. The minimum Gasteiger partial charge on any atom is -0.438 e. The highest BCUT2D eigenvalue weighted by Gasteiger charge is 2.46. The number of nitrogens with one attached hydrogen (secondary N) is 2. The number of nitrogens with zero attached hydrogens (tertiary/aromatic N) is 1. The van der Waals surface area contributed by atoms with Gasteiger partial charge in [0.1, 0.15) is 0 Å². The molecule has 1 saturated heterocycles. The number of amides is 3. The first-order valence-corrected chi connectivity index (χ1v) is 13.2. The quantitative estimate of drug-likeness (QED) is 0.295. The van der Waals surface area contributed by atoms with Crippen molar-refractivity contribution in [1.82, 2.24) is 10.2 Å². The Balaban J connectivity index is 1.34. The van der Waals surface area contributed by atoms with Gasteiger partial charge in [0.05, 0.1) is 13.0 Å². The third kappa shape index (κ3) is 6.56. The van der Waals surface area contributed by atoms with Crippen molar-refractivity contribution in [2.75, 3.05) is 5.32 Å². The molecule has 0 spiro atoms. The smallest absolute Gasteiger partial charge is 0.411 e. The van der Waals surface area contributed by atoms with Crippen LogP contribution in [0.1, 0.15) is 33.9 Å². The monoisotopic (exact) mass is 533 g/mol. The van der Waals surface area contributed by atoms with E-state index in [4.69, 9.17) is 4.74 Å². The van der Waals surface area contributed by atoms with Crippen LogP contribution in [0.5, 0.6) is 0 Å². The summed E-state index contributed by atoms with van der Waals surface area (Å²) < 4.78 is 5.79. The van der Waals surface area contributed by atoms with Crippen LogP contribution in [0.3, 0.4) is 0 Å². The molecule has 2 unspecified atom stereocenters. The van der Waals surface area contributed by atoms with Crippen molar-refractivity contribution >= 4 is 23.6 Å². The predicted molar refractivity (Wildman–Crippen MR) is 153 cm³/mol. The molecular formula is C33H31N3O4. The van der Waals surface area contributed by atoms with E-state index in [0.29, 0.717) is 17.8 Å². The Morgan fingerprint density at radius 2 is 1.45 bits per heavy atom. The van der Waals surface area contributed by atoms with Gasteiger partial charge in [0.15, 0.2) is 12.1 Å². The summed E-state index contributed by atoms with van der Waals surface area (Å²) in [6, 6.07) is 33.2. The number of rotatable bonds is 9. The van der Waals surface area contributed by atoms with E-state index in [1.807, 2.05) is 91.9 Å². The molecule has 1 fully saturated rings. The van der Waals surface area contributed by atoms with Gasteiger partial charge in [-0.25, -0.2) is 4.79 Å². The first-order valence-electron chi connectivity index (χ1n) is 13.2. The van der Waals surface area contributed by atoms with E-state index >= 15 is 0 Å². The molecule has 1 heterocycles. The number of benzene rings is 4. The van der Waals surface area contributed by atoms with Gasteiger partial charge in [-0.15, -0.1) is 0 Å². The Bertz CT molecular complexity index is 1470. The topological polar surface area (TPSA) is 87.7 Å². The van der Waals surface area contributed by atoms with E-state index in [9.17, 15) is 14.4 Å². The van der Waals surface area contributed by atoms with Crippen LogP contribution in [0.25, 0.3) is 0 Å². The Morgan fingerprint density at radius 3 is 2.12 bits per heavy atom. The van der Waals surface area contributed by atoms with Gasteiger partial charge >= 0.3 is 6.09 Å². The van der Waals surface area contributed by atoms with Gasteiger partial charge in [-0.2, -0.15) is 0 Å². The van der Waals surface area contributed by atoms with Crippen molar-refractivity contribution in [3.63, 3.8) is 0 Å². The van der Waals surface area contributed by atoms with Gasteiger partial charge in [-0.1, -0.05) is 103 Å². The molecule has 0 saturated carbocycles. The average molecular weight is 534 g/mol. The van der Waals surface area contributed by atoms with E-state index in [-0.39, 0.29) is 24.8 Å². The van der Waals surface area contributed by atoms with Crippen LogP contribution >= 0.6 is 0 Å². The van der Waals surface area contributed by atoms with E-state index in [2.05, 4.69) is 10.6 Å². The lowest BCUT2D eigenvalue weighted by Crippen LogP contribution is -2.46. The van der Waals surface area contributed by atoms with Crippen molar-refractivity contribution in [2.45, 2.75) is 38.6 Å². The molecule has 5 rings (SSSR count). The van der Waals surface area contributed by atoms with Crippen molar-refractivity contribution in [3.8, 4) is 0 Å². The summed E-state index contributed by atoms with van der Waals surface area (Å²) in [5.74, 6) is -0.429. The highest BCUT2D eigenvalue weighted by molar-refractivity contribution is 5.92. The molecule has 1 aliphatic heterocycles. The minimum atomic E-state index is -0.866. The molecule has 0 aliphatic carbocycles. The first-order chi connectivity index (χ1) is 19.5. The van der Waals surface area contributed by atoms with Gasteiger partial charge in [0.2, 0.25) is 11.8 Å². The van der Waals surface area contributed by atoms with E-state index in [0.717, 1.165) is 22.3 Å². The summed E-state index contributed by atoms with van der Waals surface area (Å²) in [6.07, 6.45) is -1.09. The second kappa shape index (κ2) is 12.3. The van der Waals surface area contributed by atoms with E-state index < -0.39 is 18.2 Å². The summed E-state index contributed by atoms with van der Waals surface area (Å²) in [5.41, 5.74) is 5.15. The molecule has 40 heavy (non-hydrogen) atoms. The summed E-state index contributed by atoms with van der Waals surface area (Å²) in [6.45, 7) is 2.56. The number of hydrogen-bond donors (Lipinski definition) is 2. The second-order valence-corrected chi connectivity index (χ2v) is 9.90. The molecule has 2 N–H and O–H groups in total. The summed E-state index contributed by atoms with van der Waals surface area (Å²) in [5, 5.41) is 5.88. The number of aryl methyl sites for hydroxylation is 1. The number of cyclic esters (lactones) is 1. The van der Waals surface area contributed by atoms with E-state index in [1.54, 1.807) is 24.3 Å². The number of hydrogen-bond acceptors (Lipinski definition) is 4. The maximum Gasteiger partial charge on any atom is 0.411 e. The summed E-state index contributed by atoms with van der Waals surface area (Å²) >= 11 is 0.